The quantitative estimate of drug-likeness (QED) is 0.715. The van der Waals surface area contributed by atoms with E-state index in [1.807, 2.05) is 60.7 Å². The van der Waals surface area contributed by atoms with Crippen molar-refractivity contribution in [3.05, 3.63) is 89.2 Å². The van der Waals surface area contributed by atoms with Gasteiger partial charge in [-0.25, -0.2) is 0 Å². The smallest absolute Gasteiger partial charge is 0.253 e. The highest BCUT2D eigenvalue weighted by molar-refractivity contribution is 6.33. The second kappa shape index (κ2) is 7.81. The Morgan fingerprint density at radius 1 is 1.08 bits per heavy atom. The Balaban J connectivity index is 1.77. The number of carbonyl (C=O) groups excluding carboxylic acids is 1. The SMILES string of the molecule is CO[n+]1ccccc1CNC(=O)c1cccc(-c2ccccc2Cl)c1. The van der Waals surface area contributed by atoms with Crippen molar-refractivity contribution in [1.82, 2.24) is 5.32 Å². The number of rotatable bonds is 5. The molecular weight excluding hydrogens is 336 g/mol. The first-order valence-electron chi connectivity index (χ1n) is 7.86. The highest BCUT2D eigenvalue weighted by Gasteiger charge is 2.13. The summed E-state index contributed by atoms with van der Waals surface area (Å²) < 4.78 is 1.61. The summed E-state index contributed by atoms with van der Waals surface area (Å²) in [5.41, 5.74) is 3.24. The number of carbonyl (C=O) groups is 1. The van der Waals surface area contributed by atoms with Crippen LogP contribution >= 0.6 is 11.6 Å². The van der Waals surface area contributed by atoms with Crippen LogP contribution in [0.1, 0.15) is 16.1 Å². The number of aromatic nitrogens is 1. The Morgan fingerprint density at radius 3 is 2.68 bits per heavy atom. The lowest BCUT2D eigenvalue weighted by molar-refractivity contribution is -0.890. The molecule has 0 fully saturated rings. The van der Waals surface area contributed by atoms with Crippen LogP contribution in [0.5, 0.6) is 0 Å². The monoisotopic (exact) mass is 353 g/mol. The van der Waals surface area contributed by atoms with Crippen molar-refractivity contribution >= 4 is 17.5 Å². The molecule has 0 aliphatic heterocycles. The predicted octanol–water partition coefficient (Wildman–Crippen LogP) is 3.28. The highest BCUT2D eigenvalue weighted by Crippen LogP contribution is 2.27. The van der Waals surface area contributed by atoms with Crippen molar-refractivity contribution in [2.24, 2.45) is 0 Å². The Morgan fingerprint density at radius 2 is 1.88 bits per heavy atom. The lowest BCUT2D eigenvalue weighted by atomic mass is 10.0. The third kappa shape index (κ3) is 3.98. The van der Waals surface area contributed by atoms with E-state index in [0.29, 0.717) is 17.1 Å². The average Bonchev–Trinajstić information content (AvgIpc) is 2.66. The van der Waals surface area contributed by atoms with E-state index in [2.05, 4.69) is 5.32 Å². The number of hydrogen-bond acceptors (Lipinski definition) is 2. The molecule has 1 N–H and O–H groups in total. The molecule has 0 unspecified atom stereocenters. The molecule has 1 amide bonds. The zero-order valence-electron chi connectivity index (χ0n) is 13.8. The van der Waals surface area contributed by atoms with Crippen LogP contribution in [0.2, 0.25) is 5.02 Å². The third-order valence-corrected chi connectivity index (χ3v) is 4.17. The molecule has 4 nitrogen and oxygen atoms in total. The summed E-state index contributed by atoms with van der Waals surface area (Å²) in [5.74, 6) is -0.152. The summed E-state index contributed by atoms with van der Waals surface area (Å²) in [7, 11) is 1.58. The molecule has 126 valence electrons. The van der Waals surface area contributed by atoms with E-state index in [1.165, 1.54) is 0 Å². The molecule has 0 spiro atoms. The van der Waals surface area contributed by atoms with Gasteiger partial charge in [-0.2, -0.15) is 0 Å². The van der Waals surface area contributed by atoms with Gasteiger partial charge in [0.05, 0.1) is 0 Å². The minimum atomic E-state index is -0.152. The van der Waals surface area contributed by atoms with Crippen LogP contribution in [0.15, 0.2) is 72.9 Å². The summed E-state index contributed by atoms with van der Waals surface area (Å²) in [6.45, 7) is 0.365. The van der Waals surface area contributed by atoms with Crippen LogP contribution in [0.25, 0.3) is 11.1 Å². The lowest BCUT2D eigenvalue weighted by Gasteiger charge is -2.08. The summed E-state index contributed by atoms with van der Waals surface area (Å²) >= 11 is 6.25. The second-order valence-electron chi connectivity index (χ2n) is 5.44. The van der Waals surface area contributed by atoms with Crippen molar-refractivity contribution in [3.8, 4) is 11.1 Å². The van der Waals surface area contributed by atoms with Crippen molar-refractivity contribution in [2.75, 3.05) is 7.11 Å². The van der Waals surface area contributed by atoms with Gasteiger partial charge < -0.3 is 5.32 Å². The molecule has 0 atom stereocenters. The van der Waals surface area contributed by atoms with Crippen LogP contribution in [0, 0.1) is 0 Å². The van der Waals surface area contributed by atoms with Crippen LogP contribution < -0.4 is 14.9 Å². The highest BCUT2D eigenvalue weighted by atomic mass is 35.5. The summed E-state index contributed by atoms with van der Waals surface area (Å²) in [6, 6.07) is 20.6. The molecule has 25 heavy (non-hydrogen) atoms. The Labute approximate surface area is 151 Å². The molecule has 0 aliphatic carbocycles. The normalized spacial score (nSPS) is 10.3. The Bertz CT molecular complexity index is 896. The molecule has 3 aromatic rings. The van der Waals surface area contributed by atoms with Crippen molar-refractivity contribution in [3.63, 3.8) is 0 Å². The van der Waals surface area contributed by atoms with Crippen molar-refractivity contribution in [1.29, 1.82) is 0 Å². The van der Waals surface area contributed by atoms with E-state index in [1.54, 1.807) is 24.1 Å². The Hall–Kier alpha value is -2.85. The fourth-order valence-corrected chi connectivity index (χ4v) is 2.82. The van der Waals surface area contributed by atoms with Crippen molar-refractivity contribution < 1.29 is 14.4 Å². The summed E-state index contributed by atoms with van der Waals surface area (Å²) in [4.78, 5) is 17.7. The second-order valence-corrected chi connectivity index (χ2v) is 5.85. The number of nitrogens with zero attached hydrogens (tertiary/aromatic N) is 1. The van der Waals surface area contributed by atoms with E-state index in [4.69, 9.17) is 16.4 Å². The van der Waals surface area contributed by atoms with Crippen LogP contribution in [-0.4, -0.2) is 13.0 Å². The minimum absolute atomic E-state index is 0.152. The van der Waals surface area contributed by atoms with E-state index in [9.17, 15) is 4.79 Å². The maximum Gasteiger partial charge on any atom is 0.253 e. The molecule has 5 heteroatoms. The van der Waals surface area contributed by atoms with Gasteiger partial charge in [-0.1, -0.05) is 41.9 Å². The van der Waals surface area contributed by atoms with E-state index in [0.717, 1.165) is 16.8 Å². The van der Waals surface area contributed by atoms with Gasteiger partial charge in [0, 0.05) is 33.0 Å². The Kier molecular flexibility index (Phi) is 5.31. The zero-order chi connectivity index (χ0) is 17.6. The van der Waals surface area contributed by atoms with Crippen LogP contribution in [-0.2, 0) is 6.54 Å². The van der Waals surface area contributed by atoms with Gasteiger partial charge in [0.25, 0.3) is 11.6 Å². The van der Waals surface area contributed by atoms with Gasteiger partial charge >= 0.3 is 0 Å². The molecular formula is C20H18ClN2O2+. The van der Waals surface area contributed by atoms with E-state index < -0.39 is 0 Å². The molecule has 3 rings (SSSR count). The third-order valence-electron chi connectivity index (χ3n) is 3.84. The molecule has 0 radical (unpaired) electrons. The zero-order valence-corrected chi connectivity index (χ0v) is 14.5. The molecule has 1 aromatic heterocycles. The summed E-state index contributed by atoms with van der Waals surface area (Å²) in [5, 5.41) is 3.57. The molecule has 0 saturated carbocycles. The number of hydrogen-bond donors (Lipinski definition) is 1. The van der Waals surface area contributed by atoms with Gasteiger partial charge in [-0.3, -0.25) is 9.63 Å². The van der Waals surface area contributed by atoms with Gasteiger partial charge in [0.15, 0.2) is 0 Å². The maximum absolute atomic E-state index is 12.5. The number of pyridine rings is 1. The fourth-order valence-electron chi connectivity index (χ4n) is 2.57. The predicted molar refractivity (Wildman–Crippen MR) is 97.2 cm³/mol. The minimum Gasteiger partial charge on any atom is -0.342 e. The molecule has 0 aliphatic rings. The lowest BCUT2D eigenvalue weighted by Crippen LogP contribution is -2.45. The van der Waals surface area contributed by atoms with Crippen molar-refractivity contribution in [2.45, 2.75) is 6.54 Å². The van der Waals surface area contributed by atoms with Gasteiger partial charge in [-0.05, 0) is 29.8 Å². The maximum atomic E-state index is 12.5. The van der Waals surface area contributed by atoms with Crippen LogP contribution in [0.3, 0.4) is 0 Å². The first-order valence-corrected chi connectivity index (χ1v) is 8.24. The standard InChI is InChI=1S/C20H17ClN2O2/c1-25-23-12-5-4-9-17(23)14-22-20(24)16-8-6-7-15(13-16)18-10-2-3-11-19(18)21/h2-13H,14H2,1H3/p+1. The average molecular weight is 354 g/mol. The van der Waals surface area contributed by atoms with E-state index >= 15 is 0 Å². The number of amides is 1. The molecule has 0 saturated heterocycles. The largest absolute Gasteiger partial charge is 0.342 e. The topological polar surface area (TPSA) is 42.2 Å². The summed E-state index contributed by atoms with van der Waals surface area (Å²) in [6.07, 6.45) is 1.79. The molecule has 0 bridgehead atoms. The van der Waals surface area contributed by atoms with Gasteiger partial charge in [-0.15, -0.1) is 0 Å². The first kappa shape index (κ1) is 17.0. The van der Waals surface area contributed by atoms with Gasteiger partial charge in [0.2, 0.25) is 6.20 Å². The first-order chi connectivity index (χ1) is 12.2. The molecule has 2 aromatic carbocycles. The van der Waals surface area contributed by atoms with Gasteiger partial charge in [0.1, 0.15) is 13.7 Å². The number of benzene rings is 2. The van der Waals surface area contributed by atoms with E-state index in [-0.39, 0.29) is 5.91 Å². The number of nitrogens with one attached hydrogen (secondary N) is 1. The number of halogens is 1. The molecule has 1 heterocycles. The fraction of sp³-hybridized carbons (Fsp3) is 0.100. The van der Waals surface area contributed by atoms with Crippen LogP contribution in [0.4, 0.5) is 0 Å².